The van der Waals surface area contributed by atoms with Crippen LogP contribution in [0.15, 0.2) is 0 Å². The standard InChI is InChI=1S/C15H30N2O/c1-13(2)15(6-7-16-11-15)12-17(3)9-14-5-4-8-18-10-14/h13-14,16H,4-12H2,1-3H3. The van der Waals surface area contributed by atoms with E-state index in [1.165, 1.54) is 45.4 Å². The lowest BCUT2D eigenvalue weighted by atomic mass is 9.76. The van der Waals surface area contributed by atoms with Gasteiger partial charge in [-0.15, -0.1) is 0 Å². The van der Waals surface area contributed by atoms with Crippen LogP contribution in [-0.2, 0) is 4.74 Å². The normalized spacial score (nSPS) is 33.5. The molecule has 18 heavy (non-hydrogen) atoms. The topological polar surface area (TPSA) is 24.5 Å². The fourth-order valence-corrected chi connectivity index (χ4v) is 3.57. The lowest BCUT2D eigenvalue weighted by Crippen LogP contribution is -2.43. The van der Waals surface area contributed by atoms with Gasteiger partial charge in [-0.3, -0.25) is 0 Å². The molecule has 2 atom stereocenters. The Morgan fingerprint density at radius 3 is 2.83 bits per heavy atom. The van der Waals surface area contributed by atoms with E-state index < -0.39 is 0 Å². The summed E-state index contributed by atoms with van der Waals surface area (Å²) in [6, 6.07) is 0. The van der Waals surface area contributed by atoms with Gasteiger partial charge in [0.05, 0.1) is 6.61 Å². The van der Waals surface area contributed by atoms with Crippen LogP contribution in [0.4, 0.5) is 0 Å². The van der Waals surface area contributed by atoms with Crippen LogP contribution in [0.2, 0.25) is 0 Å². The predicted octanol–water partition coefficient (Wildman–Crippen LogP) is 1.98. The van der Waals surface area contributed by atoms with Gasteiger partial charge in [-0.1, -0.05) is 13.8 Å². The molecule has 106 valence electrons. The molecule has 0 aromatic rings. The molecule has 2 unspecified atom stereocenters. The van der Waals surface area contributed by atoms with Crippen molar-refractivity contribution in [2.24, 2.45) is 17.3 Å². The van der Waals surface area contributed by atoms with E-state index >= 15 is 0 Å². The summed E-state index contributed by atoms with van der Waals surface area (Å²) in [6.45, 7) is 11.5. The summed E-state index contributed by atoms with van der Waals surface area (Å²) in [5, 5.41) is 3.55. The zero-order valence-corrected chi connectivity index (χ0v) is 12.4. The third-order valence-electron chi connectivity index (χ3n) is 4.91. The van der Waals surface area contributed by atoms with Crippen LogP contribution in [0.25, 0.3) is 0 Å². The number of ether oxygens (including phenoxy) is 1. The molecule has 2 rings (SSSR count). The lowest BCUT2D eigenvalue weighted by molar-refractivity contribution is 0.0327. The third-order valence-corrected chi connectivity index (χ3v) is 4.91. The summed E-state index contributed by atoms with van der Waals surface area (Å²) >= 11 is 0. The number of nitrogens with one attached hydrogen (secondary N) is 1. The fourth-order valence-electron chi connectivity index (χ4n) is 3.57. The minimum Gasteiger partial charge on any atom is -0.381 e. The highest BCUT2D eigenvalue weighted by molar-refractivity contribution is 4.92. The first-order valence-corrected chi connectivity index (χ1v) is 7.59. The first kappa shape index (κ1) is 14.3. The zero-order valence-electron chi connectivity index (χ0n) is 12.4. The summed E-state index contributed by atoms with van der Waals surface area (Å²) < 4.78 is 5.59. The fraction of sp³-hybridized carbons (Fsp3) is 1.00. The minimum atomic E-state index is 0.490. The van der Waals surface area contributed by atoms with Crippen molar-refractivity contribution in [3.8, 4) is 0 Å². The summed E-state index contributed by atoms with van der Waals surface area (Å²) in [4.78, 5) is 2.55. The second kappa shape index (κ2) is 6.36. The maximum atomic E-state index is 5.59. The van der Waals surface area contributed by atoms with Crippen molar-refractivity contribution in [3.05, 3.63) is 0 Å². The maximum Gasteiger partial charge on any atom is 0.0506 e. The second-order valence-electron chi connectivity index (χ2n) is 6.72. The third kappa shape index (κ3) is 3.46. The monoisotopic (exact) mass is 254 g/mol. The Kier molecular flexibility index (Phi) is 5.05. The average molecular weight is 254 g/mol. The molecule has 2 aliphatic heterocycles. The van der Waals surface area contributed by atoms with Crippen LogP contribution in [-0.4, -0.2) is 51.3 Å². The number of rotatable bonds is 5. The van der Waals surface area contributed by atoms with Gasteiger partial charge in [-0.05, 0) is 50.1 Å². The average Bonchev–Trinajstić information content (AvgIpc) is 2.80. The van der Waals surface area contributed by atoms with Crippen molar-refractivity contribution in [3.63, 3.8) is 0 Å². The van der Waals surface area contributed by atoms with Gasteiger partial charge >= 0.3 is 0 Å². The maximum absolute atomic E-state index is 5.59. The van der Waals surface area contributed by atoms with E-state index in [1.807, 2.05) is 0 Å². The Labute approximate surface area is 112 Å². The van der Waals surface area contributed by atoms with Crippen molar-refractivity contribution in [2.75, 3.05) is 46.4 Å². The van der Waals surface area contributed by atoms with Crippen LogP contribution < -0.4 is 5.32 Å². The zero-order chi connectivity index (χ0) is 13.0. The van der Waals surface area contributed by atoms with Gasteiger partial charge in [-0.25, -0.2) is 0 Å². The molecule has 0 bridgehead atoms. The molecule has 0 spiro atoms. The molecule has 2 saturated heterocycles. The molecule has 0 aliphatic carbocycles. The lowest BCUT2D eigenvalue weighted by Gasteiger charge is -2.38. The molecule has 2 aliphatic rings. The molecule has 2 fully saturated rings. The number of nitrogens with zero attached hydrogens (tertiary/aromatic N) is 1. The molecule has 3 nitrogen and oxygen atoms in total. The summed E-state index contributed by atoms with van der Waals surface area (Å²) in [6.07, 6.45) is 3.92. The van der Waals surface area contributed by atoms with Gasteiger partial charge < -0.3 is 15.0 Å². The Morgan fingerprint density at radius 1 is 1.44 bits per heavy atom. The van der Waals surface area contributed by atoms with Gasteiger partial charge in [0.15, 0.2) is 0 Å². The highest BCUT2D eigenvalue weighted by Crippen LogP contribution is 2.35. The van der Waals surface area contributed by atoms with Crippen molar-refractivity contribution < 1.29 is 4.74 Å². The molecule has 0 saturated carbocycles. The van der Waals surface area contributed by atoms with Crippen LogP contribution in [0.1, 0.15) is 33.1 Å². The molecule has 3 heteroatoms. The highest BCUT2D eigenvalue weighted by atomic mass is 16.5. The molecule has 0 aromatic heterocycles. The van der Waals surface area contributed by atoms with Gasteiger partial charge in [0, 0.05) is 26.2 Å². The van der Waals surface area contributed by atoms with Crippen LogP contribution in [0.3, 0.4) is 0 Å². The largest absolute Gasteiger partial charge is 0.381 e. The van der Waals surface area contributed by atoms with Gasteiger partial charge in [0.1, 0.15) is 0 Å². The summed E-state index contributed by atoms with van der Waals surface area (Å²) in [5.74, 6) is 1.51. The number of hydrogen-bond acceptors (Lipinski definition) is 3. The smallest absolute Gasteiger partial charge is 0.0506 e. The Morgan fingerprint density at radius 2 is 2.28 bits per heavy atom. The Bertz CT molecular complexity index is 243. The van der Waals surface area contributed by atoms with Gasteiger partial charge in [0.25, 0.3) is 0 Å². The molecule has 1 N–H and O–H groups in total. The van der Waals surface area contributed by atoms with E-state index in [0.717, 1.165) is 25.0 Å². The second-order valence-corrected chi connectivity index (χ2v) is 6.72. The molecule has 0 radical (unpaired) electrons. The first-order valence-electron chi connectivity index (χ1n) is 7.59. The summed E-state index contributed by atoms with van der Waals surface area (Å²) in [5.41, 5.74) is 0.490. The van der Waals surface area contributed by atoms with Crippen molar-refractivity contribution >= 4 is 0 Å². The summed E-state index contributed by atoms with van der Waals surface area (Å²) in [7, 11) is 2.29. The SMILES string of the molecule is CC(C)C1(CN(C)CC2CCCOC2)CCNC1. The van der Waals surface area contributed by atoms with Crippen molar-refractivity contribution in [1.82, 2.24) is 10.2 Å². The van der Waals surface area contributed by atoms with Crippen LogP contribution >= 0.6 is 0 Å². The van der Waals surface area contributed by atoms with E-state index in [1.54, 1.807) is 0 Å². The van der Waals surface area contributed by atoms with E-state index in [0.29, 0.717) is 5.41 Å². The van der Waals surface area contributed by atoms with Crippen molar-refractivity contribution in [1.29, 1.82) is 0 Å². The molecular weight excluding hydrogens is 224 g/mol. The van der Waals surface area contributed by atoms with E-state index in [9.17, 15) is 0 Å². The first-order chi connectivity index (χ1) is 8.62. The van der Waals surface area contributed by atoms with E-state index in [2.05, 4.69) is 31.1 Å². The molecule has 2 heterocycles. The van der Waals surface area contributed by atoms with Crippen LogP contribution in [0, 0.1) is 17.3 Å². The molecule has 0 amide bonds. The quantitative estimate of drug-likeness (QED) is 0.812. The number of hydrogen-bond donors (Lipinski definition) is 1. The van der Waals surface area contributed by atoms with Crippen molar-refractivity contribution in [2.45, 2.75) is 33.1 Å². The van der Waals surface area contributed by atoms with E-state index in [-0.39, 0.29) is 0 Å². The molecular formula is C15H30N2O. The van der Waals surface area contributed by atoms with E-state index in [4.69, 9.17) is 4.74 Å². The van der Waals surface area contributed by atoms with Gasteiger partial charge in [-0.2, -0.15) is 0 Å². The highest BCUT2D eigenvalue weighted by Gasteiger charge is 2.37. The minimum absolute atomic E-state index is 0.490. The Hall–Kier alpha value is -0.120. The predicted molar refractivity (Wildman–Crippen MR) is 75.8 cm³/mol. The molecule has 0 aromatic carbocycles. The Balaban J connectivity index is 1.83. The van der Waals surface area contributed by atoms with Gasteiger partial charge in [0.2, 0.25) is 0 Å². The van der Waals surface area contributed by atoms with Crippen LogP contribution in [0.5, 0.6) is 0 Å².